The number of hydrogen-bond donors (Lipinski definition) is 1. The van der Waals surface area contributed by atoms with E-state index in [0.717, 1.165) is 44.7 Å². The van der Waals surface area contributed by atoms with E-state index < -0.39 is 10.0 Å². The lowest BCUT2D eigenvalue weighted by Crippen LogP contribution is -2.37. The number of likely N-dealkylation sites (tertiary alicyclic amines) is 1. The largest absolute Gasteiger partial charge is 0.371 e. The smallest absolute Gasteiger partial charge is 0.253 e. The minimum atomic E-state index is -3.62. The Hall–Kier alpha value is -1.94. The summed E-state index contributed by atoms with van der Waals surface area (Å²) in [6, 6.07) is 9.25. The van der Waals surface area contributed by atoms with Crippen molar-refractivity contribution in [3.05, 3.63) is 46.2 Å². The van der Waals surface area contributed by atoms with Gasteiger partial charge in [-0.25, -0.2) is 12.7 Å². The molecule has 2 saturated heterocycles. The molecule has 9 heteroatoms. The molecule has 2 aliphatic rings. The van der Waals surface area contributed by atoms with Crippen molar-refractivity contribution < 1.29 is 13.2 Å². The van der Waals surface area contributed by atoms with Crippen LogP contribution in [-0.2, 0) is 10.0 Å². The van der Waals surface area contributed by atoms with E-state index in [-0.39, 0.29) is 16.8 Å². The Labute approximate surface area is 195 Å². The second-order valence-corrected chi connectivity index (χ2v) is 11.8. The van der Waals surface area contributed by atoms with Crippen LogP contribution in [0, 0.1) is 0 Å². The zero-order valence-corrected chi connectivity index (χ0v) is 20.4. The summed E-state index contributed by atoms with van der Waals surface area (Å²) < 4.78 is 26.6. The van der Waals surface area contributed by atoms with E-state index >= 15 is 0 Å². The molecule has 4 rings (SSSR count). The van der Waals surface area contributed by atoms with Crippen molar-refractivity contribution in [1.82, 2.24) is 14.5 Å². The lowest BCUT2D eigenvalue weighted by Gasteiger charge is -2.27. The second kappa shape index (κ2) is 9.91. The van der Waals surface area contributed by atoms with E-state index in [0.29, 0.717) is 12.1 Å². The minimum Gasteiger partial charge on any atom is -0.371 e. The van der Waals surface area contributed by atoms with Crippen molar-refractivity contribution in [2.45, 2.75) is 36.6 Å². The molecule has 0 spiro atoms. The number of amides is 1. The Kier molecular flexibility index (Phi) is 7.19. The van der Waals surface area contributed by atoms with E-state index in [1.165, 1.54) is 42.2 Å². The van der Waals surface area contributed by atoms with Crippen LogP contribution in [-0.4, -0.2) is 70.3 Å². The highest BCUT2D eigenvalue weighted by Gasteiger charge is 2.27. The van der Waals surface area contributed by atoms with Gasteiger partial charge in [-0.2, -0.15) is 0 Å². The van der Waals surface area contributed by atoms with Gasteiger partial charge in [0, 0.05) is 44.3 Å². The molecule has 0 aliphatic carbocycles. The van der Waals surface area contributed by atoms with E-state index in [1.54, 1.807) is 23.5 Å². The second-order valence-electron chi connectivity index (χ2n) is 8.64. The molecular weight excluding hydrogens is 444 g/mol. The van der Waals surface area contributed by atoms with E-state index in [1.807, 2.05) is 6.07 Å². The molecule has 2 aliphatic heterocycles. The summed E-state index contributed by atoms with van der Waals surface area (Å²) in [5.41, 5.74) is 1.24. The molecule has 32 heavy (non-hydrogen) atoms. The molecule has 1 aromatic carbocycles. The predicted octanol–water partition coefficient (Wildman–Crippen LogP) is 3.17. The van der Waals surface area contributed by atoms with Crippen LogP contribution in [0.15, 0.2) is 40.6 Å². The normalized spacial score (nSPS) is 18.4. The molecule has 1 N–H and O–H groups in total. The molecular formula is C23H32N4O3S2. The monoisotopic (exact) mass is 476 g/mol. The molecule has 174 valence electrons. The van der Waals surface area contributed by atoms with Crippen LogP contribution in [0.3, 0.4) is 0 Å². The summed E-state index contributed by atoms with van der Waals surface area (Å²) in [6.07, 6.45) is 4.52. The third kappa shape index (κ3) is 4.85. The lowest BCUT2D eigenvalue weighted by atomic mass is 10.1. The van der Waals surface area contributed by atoms with Crippen LogP contribution in [0.4, 0.5) is 5.69 Å². The first-order chi connectivity index (χ1) is 15.4. The average Bonchev–Trinajstić information content (AvgIpc) is 3.57. The fourth-order valence-electron chi connectivity index (χ4n) is 4.53. The first-order valence-electron chi connectivity index (χ1n) is 11.2. The highest BCUT2D eigenvalue weighted by Crippen LogP contribution is 2.30. The van der Waals surface area contributed by atoms with Crippen LogP contribution in [0.25, 0.3) is 0 Å². The van der Waals surface area contributed by atoms with Gasteiger partial charge in [0.1, 0.15) is 0 Å². The van der Waals surface area contributed by atoms with Gasteiger partial charge < -0.3 is 10.2 Å². The average molecular weight is 477 g/mol. The molecule has 0 saturated carbocycles. The number of sulfonamides is 1. The number of anilines is 1. The summed E-state index contributed by atoms with van der Waals surface area (Å²) in [6.45, 7) is 4.34. The maximum Gasteiger partial charge on any atom is 0.253 e. The Morgan fingerprint density at radius 1 is 1.09 bits per heavy atom. The van der Waals surface area contributed by atoms with Crippen LogP contribution in [0.2, 0.25) is 0 Å². The zero-order chi connectivity index (χ0) is 22.7. The summed E-state index contributed by atoms with van der Waals surface area (Å²) >= 11 is 1.71. The molecule has 1 amide bonds. The molecule has 2 fully saturated rings. The number of carbonyl (C=O) groups is 1. The van der Waals surface area contributed by atoms with Gasteiger partial charge >= 0.3 is 0 Å². The molecule has 0 unspecified atom stereocenters. The number of rotatable bonds is 8. The van der Waals surface area contributed by atoms with E-state index in [2.05, 4.69) is 26.6 Å². The van der Waals surface area contributed by atoms with E-state index in [9.17, 15) is 13.2 Å². The maximum atomic E-state index is 13.4. The third-order valence-corrected chi connectivity index (χ3v) is 9.13. The number of nitrogens with one attached hydrogen (secondary N) is 1. The number of nitrogens with zero attached hydrogens (tertiary/aromatic N) is 3. The Morgan fingerprint density at radius 2 is 1.78 bits per heavy atom. The van der Waals surface area contributed by atoms with Crippen LogP contribution in [0.5, 0.6) is 0 Å². The highest BCUT2D eigenvalue weighted by atomic mass is 32.2. The fraction of sp³-hybridized carbons (Fsp3) is 0.522. The van der Waals surface area contributed by atoms with Crippen molar-refractivity contribution in [2.24, 2.45) is 0 Å². The number of benzene rings is 1. The standard InChI is InChI=1S/C23H32N4O3S2/c1-25(2)32(29,30)18-9-10-20(26-11-3-4-12-26)19(16-18)23(28)24-17-21(22-8-7-15-31-22)27-13-5-6-14-27/h7-10,15-16,21H,3-6,11-14,17H2,1-2H3,(H,24,28)/t21-/m0/s1. The van der Waals surface area contributed by atoms with Gasteiger partial charge in [0.2, 0.25) is 10.0 Å². The maximum absolute atomic E-state index is 13.4. The van der Waals surface area contributed by atoms with Crippen LogP contribution < -0.4 is 10.2 Å². The Morgan fingerprint density at radius 3 is 2.41 bits per heavy atom. The fourth-order valence-corrected chi connectivity index (χ4v) is 6.32. The summed E-state index contributed by atoms with van der Waals surface area (Å²) in [7, 11) is -0.615. The number of thiophene rings is 1. The van der Waals surface area contributed by atoms with Gasteiger partial charge in [-0.15, -0.1) is 11.3 Å². The highest BCUT2D eigenvalue weighted by molar-refractivity contribution is 7.89. The third-order valence-electron chi connectivity index (χ3n) is 6.35. The lowest BCUT2D eigenvalue weighted by molar-refractivity contribution is 0.0938. The molecule has 0 radical (unpaired) electrons. The van der Waals surface area contributed by atoms with Gasteiger partial charge in [0.05, 0.1) is 16.5 Å². The van der Waals surface area contributed by atoms with Gasteiger partial charge in [-0.3, -0.25) is 9.69 Å². The van der Waals surface area contributed by atoms with Crippen LogP contribution in [0.1, 0.15) is 47.0 Å². The van der Waals surface area contributed by atoms with Crippen molar-refractivity contribution in [2.75, 3.05) is 51.7 Å². The van der Waals surface area contributed by atoms with Gasteiger partial charge in [0.15, 0.2) is 0 Å². The van der Waals surface area contributed by atoms with Crippen molar-refractivity contribution in [3.63, 3.8) is 0 Å². The van der Waals surface area contributed by atoms with Gasteiger partial charge in [0.25, 0.3) is 5.91 Å². The SMILES string of the molecule is CN(C)S(=O)(=O)c1ccc(N2CCCC2)c(C(=O)NC[C@@H](c2cccs2)N2CCCC2)c1. The molecule has 7 nitrogen and oxygen atoms in total. The minimum absolute atomic E-state index is 0.143. The summed E-state index contributed by atoms with van der Waals surface area (Å²) in [4.78, 5) is 19.4. The Bertz CT molecular complexity index is 1030. The van der Waals surface area contributed by atoms with Gasteiger partial charge in [-0.05, 0) is 68.4 Å². The summed E-state index contributed by atoms with van der Waals surface area (Å²) in [5.74, 6) is -0.219. The molecule has 0 bridgehead atoms. The molecule has 2 aromatic rings. The van der Waals surface area contributed by atoms with E-state index in [4.69, 9.17) is 0 Å². The zero-order valence-electron chi connectivity index (χ0n) is 18.8. The number of hydrogen-bond acceptors (Lipinski definition) is 6. The Balaban J connectivity index is 1.60. The van der Waals surface area contributed by atoms with Crippen molar-refractivity contribution in [3.8, 4) is 0 Å². The topological polar surface area (TPSA) is 73.0 Å². The summed E-state index contributed by atoms with van der Waals surface area (Å²) in [5, 5.41) is 5.20. The predicted molar refractivity (Wildman–Crippen MR) is 129 cm³/mol. The molecule has 3 heterocycles. The van der Waals surface area contributed by atoms with Crippen molar-refractivity contribution in [1.29, 1.82) is 0 Å². The number of carbonyl (C=O) groups excluding carboxylic acids is 1. The first kappa shape index (κ1) is 23.2. The molecule has 1 atom stereocenters. The first-order valence-corrected chi connectivity index (χ1v) is 13.6. The quantitative estimate of drug-likeness (QED) is 0.634. The van der Waals surface area contributed by atoms with Crippen LogP contribution >= 0.6 is 11.3 Å². The van der Waals surface area contributed by atoms with Gasteiger partial charge in [-0.1, -0.05) is 6.07 Å². The van der Waals surface area contributed by atoms with Crippen molar-refractivity contribution >= 4 is 33.0 Å². The molecule has 1 aromatic heterocycles.